The number of carboxylic acid groups (broad SMARTS) is 1. The Morgan fingerprint density at radius 3 is 2.89 bits per heavy atom. The molecular formula is C14H27NO3. The normalized spacial score (nSPS) is 22.2. The maximum Gasteiger partial charge on any atom is 0.306 e. The van der Waals surface area contributed by atoms with Gasteiger partial charge in [0.25, 0.3) is 0 Å². The molecule has 1 heterocycles. The number of hydrogen-bond acceptors (Lipinski definition) is 3. The third kappa shape index (κ3) is 4.94. The largest absolute Gasteiger partial charge is 0.481 e. The van der Waals surface area contributed by atoms with E-state index in [0.29, 0.717) is 6.04 Å². The molecule has 0 spiro atoms. The van der Waals surface area contributed by atoms with Crippen molar-refractivity contribution in [2.45, 2.75) is 51.5 Å². The molecule has 1 rings (SSSR count). The lowest BCUT2D eigenvalue weighted by molar-refractivity contribution is -0.142. The quantitative estimate of drug-likeness (QED) is 0.689. The number of unbranched alkanes of at least 4 members (excludes halogenated alkanes) is 1. The summed E-state index contributed by atoms with van der Waals surface area (Å²) in [5.74, 6) is -0.806. The smallest absolute Gasteiger partial charge is 0.306 e. The number of hydrogen-bond donors (Lipinski definition) is 1. The minimum atomic E-state index is -0.633. The number of rotatable bonds is 9. The number of likely N-dealkylation sites (tertiary alicyclic amines) is 1. The van der Waals surface area contributed by atoms with E-state index in [1.807, 2.05) is 0 Å². The van der Waals surface area contributed by atoms with Gasteiger partial charge in [-0.3, -0.25) is 9.69 Å². The van der Waals surface area contributed by atoms with Gasteiger partial charge < -0.3 is 9.84 Å². The monoisotopic (exact) mass is 257 g/mol. The van der Waals surface area contributed by atoms with E-state index in [-0.39, 0.29) is 5.92 Å². The zero-order chi connectivity index (χ0) is 13.4. The molecule has 4 heteroatoms. The molecule has 0 bridgehead atoms. The van der Waals surface area contributed by atoms with E-state index in [9.17, 15) is 9.90 Å². The van der Waals surface area contributed by atoms with Crippen LogP contribution in [0.5, 0.6) is 0 Å². The summed E-state index contributed by atoms with van der Waals surface area (Å²) in [6.07, 6.45) is 6.06. The van der Waals surface area contributed by atoms with Crippen LogP contribution in [-0.4, -0.2) is 48.8 Å². The lowest BCUT2D eigenvalue weighted by atomic mass is 9.98. The predicted octanol–water partition coefficient (Wildman–Crippen LogP) is 2.38. The highest BCUT2D eigenvalue weighted by molar-refractivity contribution is 5.69. The number of nitrogens with zero attached hydrogens (tertiary/aromatic N) is 1. The van der Waals surface area contributed by atoms with Crippen molar-refractivity contribution in [3.8, 4) is 0 Å². The minimum Gasteiger partial charge on any atom is -0.481 e. The van der Waals surface area contributed by atoms with Gasteiger partial charge in [-0.15, -0.1) is 0 Å². The first-order chi connectivity index (χ1) is 8.69. The van der Waals surface area contributed by atoms with Crippen molar-refractivity contribution in [3.05, 3.63) is 0 Å². The third-order valence-corrected chi connectivity index (χ3v) is 3.88. The van der Waals surface area contributed by atoms with Gasteiger partial charge in [0.1, 0.15) is 0 Å². The van der Waals surface area contributed by atoms with Gasteiger partial charge in [0, 0.05) is 13.2 Å². The van der Waals surface area contributed by atoms with Crippen LogP contribution in [0.2, 0.25) is 0 Å². The first-order valence-corrected chi connectivity index (χ1v) is 7.14. The van der Waals surface area contributed by atoms with Crippen LogP contribution in [0.4, 0.5) is 0 Å². The van der Waals surface area contributed by atoms with Crippen LogP contribution in [0, 0.1) is 5.92 Å². The lowest BCUT2D eigenvalue weighted by Gasteiger charge is -2.25. The Morgan fingerprint density at radius 2 is 2.28 bits per heavy atom. The average Bonchev–Trinajstić information content (AvgIpc) is 2.77. The van der Waals surface area contributed by atoms with Crippen LogP contribution in [0.1, 0.15) is 45.4 Å². The highest BCUT2D eigenvalue weighted by Gasteiger charge is 2.26. The number of ether oxygens (including phenoxy) is 1. The Labute approximate surface area is 110 Å². The Morgan fingerprint density at radius 1 is 1.50 bits per heavy atom. The van der Waals surface area contributed by atoms with Crippen molar-refractivity contribution in [2.75, 3.05) is 26.8 Å². The summed E-state index contributed by atoms with van der Waals surface area (Å²) in [7, 11) is 1.73. The van der Waals surface area contributed by atoms with Crippen LogP contribution >= 0.6 is 0 Å². The molecular weight excluding hydrogens is 230 g/mol. The van der Waals surface area contributed by atoms with E-state index < -0.39 is 5.97 Å². The summed E-state index contributed by atoms with van der Waals surface area (Å²) in [6, 6.07) is 0.496. The Bertz CT molecular complexity index is 245. The first kappa shape index (κ1) is 15.4. The molecule has 1 N–H and O–H groups in total. The molecule has 0 saturated carbocycles. The molecule has 1 unspecified atom stereocenters. The number of carbonyl (C=O) groups is 1. The summed E-state index contributed by atoms with van der Waals surface area (Å²) in [4.78, 5) is 13.6. The number of methoxy groups -OCH3 is 1. The second-order valence-electron chi connectivity index (χ2n) is 5.25. The fourth-order valence-electron chi connectivity index (χ4n) is 2.73. The van der Waals surface area contributed by atoms with Gasteiger partial charge in [-0.05, 0) is 38.8 Å². The van der Waals surface area contributed by atoms with E-state index in [2.05, 4.69) is 11.8 Å². The highest BCUT2D eigenvalue weighted by atomic mass is 16.5. The van der Waals surface area contributed by atoms with Crippen LogP contribution in [-0.2, 0) is 9.53 Å². The summed E-state index contributed by atoms with van der Waals surface area (Å²) in [6.45, 7) is 4.86. The molecule has 0 aromatic carbocycles. The molecule has 1 aliphatic heterocycles. The first-order valence-electron chi connectivity index (χ1n) is 7.14. The standard InChI is InChI=1S/C14H27NO3/c1-3-4-6-12(14(16)17)8-10-15-9-5-7-13(15)11-18-2/h12-13H,3-11H2,1-2H3,(H,16,17)/t12?,13-/m1/s1. The predicted molar refractivity (Wildman–Crippen MR) is 71.7 cm³/mol. The summed E-state index contributed by atoms with van der Waals surface area (Å²) in [5, 5.41) is 9.20. The zero-order valence-corrected chi connectivity index (χ0v) is 11.7. The average molecular weight is 257 g/mol. The zero-order valence-electron chi connectivity index (χ0n) is 11.7. The maximum absolute atomic E-state index is 11.2. The maximum atomic E-state index is 11.2. The van der Waals surface area contributed by atoms with Crippen molar-refractivity contribution in [1.82, 2.24) is 4.90 Å². The Kier molecular flexibility index (Phi) is 7.28. The minimum absolute atomic E-state index is 0.172. The van der Waals surface area contributed by atoms with Crippen molar-refractivity contribution in [3.63, 3.8) is 0 Å². The molecule has 1 saturated heterocycles. The number of aliphatic carboxylic acids is 1. The topological polar surface area (TPSA) is 49.8 Å². The van der Waals surface area contributed by atoms with Crippen molar-refractivity contribution in [2.24, 2.45) is 5.92 Å². The van der Waals surface area contributed by atoms with E-state index in [1.54, 1.807) is 7.11 Å². The van der Waals surface area contributed by atoms with Crippen LogP contribution in [0.15, 0.2) is 0 Å². The molecule has 0 aliphatic carbocycles. The highest BCUT2D eigenvalue weighted by Crippen LogP contribution is 2.20. The van der Waals surface area contributed by atoms with Gasteiger partial charge in [-0.1, -0.05) is 19.8 Å². The molecule has 1 aliphatic rings. The summed E-state index contributed by atoms with van der Waals surface area (Å²) < 4.78 is 5.22. The molecule has 1 fully saturated rings. The van der Waals surface area contributed by atoms with Gasteiger partial charge in [-0.25, -0.2) is 0 Å². The van der Waals surface area contributed by atoms with E-state index in [1.165, 1.54) is 12.8 Å². The van der Waals surface area contributed by atoms with E-state index in [4.69, 9.17) is 4.74 Å². The van der Waals surface area contributed by atoms with Crippen molar-refractivity contribution in [1.29, 1.82) is 0 Å². The second kappa shape index (κ2) is 8.48. The second-order valence-corrected chi connectivity index (χ2v) is 5.25. The van der Waals surface area contributed by atoms with Crippen molar-refractivity contribution < 1.29 is 14.6 Å². The van der Waals surface area contributed by atoms with Crippen LogP contribution < -0.4 is 0 Å². The van der Waals surface area contributed by atoms with Gasteiger partial charge in [-0.2, -0.15) is 0 Å². The van der Waals surface area contributed by atoms with E-state index in [0.717, 1.165) is 45.4 Å². The van der Waals surface area contributed by atoms with Crippen LogP contribution in [0.25, 0.3) is 0 Å². The Hall–Kier alpha value is -0.610. The Balaban J connectivity index is 2.34. The summed E-state index contributed by atoms with van der Waals surface area (Å²) in [5.41, 5.74) is 0. The molecule has 2 atom stereocenters. The van der Waals surface area contributed by atoms with Crippen LogP contribution in [0.3, 0.4) is 0 Å². The molecule has 18 heavy (non-hydrogen) atoms. The molecule has 0 aromatic heterocycles. The fraction of sp³-hybridized carbons (Fsp3) is 0.929. The van der Waals surface area contributed by atoms with Gasteiger partial charge in [0.05, 0.1) is 12.5 Å². The van der Waals surface area contributed by atoms with Crippen molar-refractivity contribution >= 4 is 5.97 Å². The fourth-order valence-corrected chi connectivity index (χ4v) is 2.73. The van der Waals surface area contributed by atoms with E-state index >= 15 is 0 Å². The number of carboxylic acids is 1. The summed E-state index contributed by atoms with van der Waals surface area (Å²) >= 11 is 0. The van der Waals surface area contributed by atoms with Gasteiger partial charge in [0.15, 0.2) is 0 Å². The molecule has 106 valence electrons. The van der Waals surface area contributed by atoms with Gasteiger partial charge in [0.2, 0.25) is 0 Å². The molecule has 0 amide bonds. The molecule has 0 radical (unpaired) electrons. The lowest BCUT2D eigenvalue weighted by Crippen LogP contribution is -2.35. The molecule has 0 aromatic rings. The third-order valence-electron chi connectivity index (χ3n) is 3.88. The SMILES string of the molecule is CCCCC(CCN1CCC[C@@H]1COC)C(=O)O. The van der Waals surface area contributed by atoms with Gasteiger partial charge >= 0.3 is 5.97 Å². The molecule has 4 nitrogen and oxygen atoms in total.